The van der Waals surface area contributed by atoms with Crippen LogP contribution in [0, 0.1) is 0 Å². The molecule has 1 N–H and O–H groups in total. The molecule has 0 saturated heterocycles. The Labute approximate surface area is 132 Å². The average Bonchev–Trinajstić information content (AvgIpc) is 3.09. The smallest absolute Gasteiger partial charge is 0.253 e. The van der Waals surface area contributed by atoms with E-state index in [0.29, 0.717) is 12.1 Å². The lowest BCUT2D eigenvalue weighted by Crippen LogP contribution is -2.35. The van der Waals surface area contributed by atoms with E-state index in [1.165, 1.54) is 25.7 Å². The van der Waals surface area contributed by atoms with Gasteiger partial charge in [-0.2, -0.15) is 0 Å². The van der Waals surface area contributed by atoms with Crippen molar-refractivity contribution in [2.24, 2.45) is 14.1 Å². The van der Waals surface area contributed by atoms with Gasteiger partial charge in [-0.25, -0.2) is 9.55 Å². The standard InChI is InChI=1S/C16H26N6/c1-11(2)21(4)16-19-13-14(22(16)5)17-10-20(3)15(13)18-12-8-6-7-9-12/h10-12H,6-9H2,1-5H3/p+1. The monoisotopic (exact) mass is 303 g/mol. The number of rotatable bonds is 4. The molecule has 0 spiro atoms. The van der Waals surface area contributed by atoms with E-state index < -0.39 is 0 Å². The van der Waals surface area contributed by atoms with Gasteiger partial charge >= 0.3 is 0 Å². The summed E-state index contributed by atoms with van der Waals surface area (Å²) in [6.45, 7) is 4.34. The molecule has 6 heteroatoms. The van der Waals surface area contributed by atoms with E-state index in [0.717, 1.165) is 22.9 Å². The third kappa shape index (κ3) is 2.51. The largest absolute Gasteiger partial charge is 0.343 e. The van der Waals surface area contributed by atoms with Crippen molar-refractivity contribution in [2.45, 2.75) is 51.6 Å². The van der Waals surface area contributed by atoms with Gasteiger partial charge in [-0.15, -0.1) is 0 Å². The summed E-state index contributed by atoms with van der Waals surface area (Å²) in [5.74, 6) is 2.04. The second kappa shape index (κ2) is 5.74. The third-order valence-electron chi connectivity index (χ3n) is 4.76. The highest BCUT2D eigenvalue weighted by Crippen LogP contribution is 2.26. The summed E-state index contributed by atoms with van der Waals surface area (Å²) in [6, 6.07) is 0.959. The number of anilines is 2. The van der Waals surface area contributed by atoms with E-state index in [9.17, 15) is 0 Å². The molecule has 0 radical (unpaired) electrons. The Morgan fingerprint density at radius 3 is 2.68 bits per heavy atom. The first kappa shape index (κ1) is 15.1. The van der Waals surface area contributed by atoms with Crippen molar-refractivity contribution in [3.8, 4) is 0 Å². The van der Waals surface area contributed by atoms with Crippen LogP contribution in [0.5, 0.6) is 0 Å². The molecule has 2 heterocycles. The van der Waals surface area contributed by atoms with E-state index in [1.807, 2.05) is 25.0 Å². The molecule has 0 amide bonds. The predicted molar refractivity (Wildman–Crippen MR) is 89.1 cm³/mol. The first-order chi connectivity index (χ1) is 10.5. The van der Waals surface area contributed by atoms with E-state index in [2.05, 4.69) is 40.7 Å². The van der Waals surface area contributed by atoms with Crippen LogP contribution in [0.3, 0.4) is 0 Å². The molecule has 0 aliphatic heterocycles. The van der Waals surface area contributed by atoms with Crippen LogP contribution in [-0.2, 0) is 14.1 Å². The predicted octanol–water partition coefficient (Wildman–Crippen LogP) is 1.99. The molecule has 22 heavy (non-hydrogen) atoms. The zero-order valence-electron chi connectivity index (χ0n) is 14.3. The van der Waals surface area contributed by atoms with E-state index >= 15 is 0 Å². The number of fused-ring (bicyclic) bond motifs is 1. The summed E-state index contributed by atoms with van der Waals surface area (Å²) in [7, 11) is 6.15. The maximum absolute atomic E-state index is 4.88. The summed E-state index contributed by atoms with van der Waals surface area (Å²) in [6.07, 6.45) is 7.00. The van der Waals surface area contributed by atoms with Crippen molar-refractivity contribution in [1.29, 1.82) is 0 Å². The average molecular weight is 303 g/mol. The summed E-state index contributed by atoms with van der Waals surface area (Å²) >= 11 is 0. The molecule has 2 aromatic heterocycles. The van der Waals surface area contributed by atoms with Crippen LogP contribution in [0.2, 0.25) is 0 Å². The fourth-order valence-electron chi connectivity index (χ4n) is 3.13. The van der Waals surface area contributed by atoms with Gasteiger partial charge in [-0.05, 0) is 39.5 Å². The van der Waals surface area contributed by atoms with Crippen molar-refractivity contribution >= 4 is 22.9 Å². The number of aromatic nitrogens is 4. The highest BCUT2D eigenvalue weighted by atomic mass is 15.3. The molecule has 1 saturated carbocycles. The van der Waals surface area contributed by atoms with Gasteiger partial charge in [0.25, 0.3) is 5.82 Å². The van der Waals surface area contributed by atoms with Crippen molar-refractivity contribution in [1.82, 2.24) is 14.5 Å². The molecule has 0 aromatic carbocycles. The van der Waals surface area contributed by atoms with Crippen LogP contribution < -0.4 is 14.8 Å². The minimum Gasteiger partial charge on any atom is -0.343 e. The van der Waals surface area contributed by atoms with Crippen molar-refractivity contribution < 1.29 is 4.57 Å². The molecule has 6 nitrogen and oxygen atoms in total. The molecular formula is C16H27N6+. The van der Waals surface area contributed by atoms with Gasteiger partial charge in [-0.1, -0.05) is 4.98 Å². The van der Waals surface area contributed by atoms with Crippen LogP contribution in [0.25, 0.3) is 11.2 Å². The fraction of sp³-hybridized carbons (Fsp3) is 0.688. The van der Waals surface area contributed by atoms with E-state index in [-0.39, 0.29) is 0 Å². The van der Waals surface area contributed by atoms with Crippen molar-refractivity contribution in [2.75, 3.05) is 17.3 Å². The van der Waals surface area contributed by atoms with Crippen LogP contribution in [-0.4, -0.2) is 33.7 Å². The summed E-state index contributed by atoms with van der Waals surface area (Å²) in [4.78, 5) is 11.6. The lowest BCUT2D eigenvalue weighted by Gasteiger charge is -2.21. The number of hydrogen-bond donors (Lipinski definition) is 1. The SMILES string of the molecule is CC(C)N(C)c1nc2c(NC3CCCC3)[n+](C)cnc2n1C. The first-order valence-electron chi connectivity index (χ1n) is 8.19. The van der Waals surface area contributed by atoms with Crippen molar-refractivity contribution in [3.63, 3.8) is 0 Å². The lowest BCUT2D eigenvalue weighted by molar-refractivity contribution is -0.659. The topological polar surface area (TPSA) is 49.9 Å². The third-order valence-corrected chi connectivity index (χ3v) is 4.76. The second-order valence-electron chi connectivity index (χ2n) is 6.68. The van der Waals surface area contributed by atoms with Gasteiger partial charge in [-0.3, -0.25) is 4.57 Å². The Morgan fingerprint density at radius 1 is 1.36 bits per heavy atom. The Bertz CT molecular complexity index is 669. The number of hydrogen-bond acceptors (Lipinski definition) is 4. The minimum absolute atomic E-state index is 0.399. The molecule has 0 unspecified atom stereocenters. The van der Waals surface area contributed by atoms with Crippen molar-refractivity contribution in [3.05, 3.63) is 6.33 Å². The number of aryl methyl sites for hydroxylation is 2. The van der Waals surface area contributed by atoms with E-state index in [1.54, 1.807) is 0 Å². The van der Waals surface area contributed by atoms with Gasteiger partial charge < -0.3 is 10.2 Å². The highest BCUT2D eigenvalue weighted by molar-refractivity contribution is 5.83. The van der Waals surface area contributed by atoms with Crippen LogP contribution in [0.1, 0.15) is 39.5 Å². The summed E-state index contributed by atoms with van der Waals surface area (Å²) < 4.78 is 4.13. The molecule has 1 fully saturated rings. The van der Waals surface area contributed by atoms with Gasteiger partial charge in [0.05, 0.1) is 13.1 Å². The van der Waals surface area contributed by atoms with Gasteiger partial charge in [0.15, 0.2) is 5.52 Å². The second-order valence-corrected chi connectivity index (χ2v) is 6.68. The number of nitrogens with one attached hydrogen (secondary N) is 1. The molecule has 120 valence electrons. The molecule has 1 aliphatic rings. The van der Waals surface area contributed by atoms with E-state index in [4.69, 9.17) is 4.98 Å². The van der Waals surface area contributed by atoms with Gasteiger partial charge in [0.2, 0.25) is 17.9 Å². The van der Waals surface area contributed by atoms with Gasteiger partial charge in [0.1, 0.15) is 0 Å². The molecule has 1 aliphatic carbocycles. The molecule has 2 aromatic rings. The Balaban J connectivity index is 2.07. The molecule has 3 rings (SSSR count). The first-order valence-corrected chi connectivity index (χ1v) is 8.19. The maximum atomic E-state index is 4.88. The Kier molecular flexibility index (Phi) is 3.93. The summed E-state index contributed by atoms with van der Waals surface area (Å²) in [5, 5.41) is 3.69. The number of nitrogens with zero attached hydrogens (tertiary/aromatic N) is 5. The Hall–Kier alpha value is -1.85. The fourth-order valence-corrected chi connectivity index (χ4v) is 3.13. The maximum Gasteiger partial charge on any atom is 0.253 e. The zero-order chi connectivity index (χ0) is 15.9. The normalized spacial score (nSPS) is 15.9. The zero-order valence-corrected chi connectivity index (χ0v) is 14.3. The molecule has 0 bridgehead atoms. The highest BCUT2D eigenvalue weighted by Gasteiger charge is 2.26. The summed E-state index contributed by atoms with van der Waals surface area (Å²) in [5.41, 5.74) is 1.89. The quantitative estimate of drug-likeness (QED) is 0.878. The lowest BCUT2D eigenvalue weighted by atomic mass is 10.2. The Morgan fingerprint density at radius 2 is 2.05 bits per heavy atom. The van der Waals surface area contributed by atoms with Gasteiger partial charge in [0, 0.05) is 20.1 Å². The minimum atomic E-state index is 0.399. The molecular weight excluding hydrogens is 276 g/mol. The van der Waals surface area contributed by atoms with Crippen LogP contribution in [0.15, 0.2) is 6.33 Å². The van der Waals surface area contributed by atoms with Crippen LogP contribution in [0.4, 0.5) is 11.8 Å². The number of imidazole rings is 1. The molecule has 0 atom stereocenters. The van der Waals surface area contributed by atoms with Crippen LogP contribution >= 0.6 is 0 Å².